The van der Waals surface area contributed by atoms with E-state index >= 15 is 0 Å². The molecular formula is C32H50N10O10. The highest BCUT2D eigenvalue weighted by molar-refractivity contribution is 5.98. The van der Waals surface area contributed by atoms with Gasteiger partial charge in [0.25, 0.3) is 0 Å². The van der Waals surface area contributed by atoms with Crippen LogP contribution in [0.1, 0.15) is 58.4 Å². The van der Waals surface area contributed by atoms with E-state index in [2.05, 4.69) is 31.6 Å². The van der Waals surface area contributed by atoms with Gasteiger partial charge in [0.2, 0.25) is 35.4 Å². The van der Waals surface area contributed by atoms with Crippen molar-refractivity contribution in [1.29, 1.82) is 0 Å². The molecule has 0 aliphatic carbocycles. The fraction of sp³-hybridized carbons (Fsp3) is 0.531. The second-order valence-corrected chi connectivity index (χ2v) is 12.5. The van der Waals surface area contributed by atoms with Crippen LogP contribution in [0.5, 0.6) is 0 Å². The number of aliphatic carboxylic acids is 2. The maximum absolute atomic E-state index is 13.7. The fourth-order valence-corrected chi connectivity index (χ4v) is 4.68. The predicted octanol–water partition coefficient (Wildman–Crippen LogP) is -3.47. The molecule has 0 saturated carbocycles. The van der Waals surface area contributed by atoms with Gasteiger partial charge in [0, 0.05) is 13.0 Å². The summed E-state index contributed by atoms with van der Waals surface area (Å²) in [5, 5.41) is 30.3. The minimum atomic E-state index is -1.84. The van der Waals surface area contributed by atoms with Gasteiger partial charge in [0.1, 0.15) is 30.2 Å². The number of nitrogens with two attached hydrogens (primary N) is 4. The van der Waals surface area contributed by atoms with E-state index in [4.69, 9.17) is 28.0 Å². The van der Waals surface area contributed by atoms with E-state index < -0.39 is 96.5 Å². The van der Waals surface area contributed by atoms with E-state index in [0.717, 1.165) is 6.92 Å². The molecule has 0 bridgehead atoms. The van der Waals surface area contributed by atoms with E-state index in [1.807, 2.05) is 0 Å². The van der Waals surface area contributed by atoms with E-state index in [1.54, 1.807) is 44.2 Å². The Kier molecular flexibility index (Phi) is 18.8. The topological polar surface area (TPSA) is 354 Å². The van der Waals surface area contributed by atoms with E-state index in [9.17, 15) is 43.5 Å². The molecule has 0 aliphatic heterocycles. The Hall–Kier alpha value is -5.79. The average molecular weight is 735 g/mol. The largest absolute Gasteiger partial charge is 0.481 e. The summed E-state index contributed by atoms with van der Waals surface area (Å²) in [5.74, 6) is -8.96. The number of carbonyl (C=O) groups is 8. The molecule has 288 valence electrons. The SMILES string of the molecule is CC(C)C[C@H](NC(=O)[C@@H](N)CCCN=C(N)N)C(=O)N[C@@H](Cc1ccccc1)C(=O)N[C@@H](CC(=O)O)C(=O)N[C@@H](CC(N)=O)C(=O)N[C@@H](C)C(=O)O. The van der Waals surface area contributed by atoms with Crippen molar-refractivity contribution in [2.45, 2.75) is 95.5 Å². The molecule has 0 spiro atoms. The molecule has 20 heteroatoms. The first-order valence-corrected chi connectivity index (χ1v) is 16.4. The summed E-state index contributed by atoms with van der Waals surface area (Å²) in [6.45, 7) is 4.97. The zero-order valence-corrected chi connectivity index (χ0v) is 29.3. The number of nitrogens with zero attached hydrogens (tertiary/aromatic N) is 1. The minimum absolute atomic E-state index is 0.108. The van der Waals surface area contributed by atoms with Gasteiger partial charge in [-0.25, -0.2) is 0 Å². The summed E-state index contributed by atoms with van der Waals surface area (Å²) in [5.41, 5.74) is 22.4. The van der Waals surface area contributed by atoms with Gasteiger partial charge in [-0.3, -0.25) is 43.3 Å². The van der Waals surface area contributed by atoms with Crippen LogP contribution in [0, 0.1) is 5.92 Å². The molecule has 1 aromatic carbocycles. The number of rotatable bonds is 23. The van der Waals surface area contributed by atoms with Crippen molar-refractivity contribution in [2.24, 2.45) is 33.8 Å². The second kappa shape index (κ2) is 22.1. The zero-order chi connectivity index (χ0) is 39.5. The molecule has 0 aromatic heterocycles. The molecule has 52 heavy (non-hydrogen) atoms. The standard InChI is InChI=1S/C32H50N10O10/c1-16(2)12-20(39-26(46)19(33)10-7-11-37-32(35)36)28(48)40-21(13-18-8-5-4-6-9-18)29(49)42-23(15-25(44)45)30(50)41-22(14-24(34)43)27(47)38-17(3)31(51)52/h4-6,8-9,16-17,19-23H,7,10-15,33H2,1-3H3,(H2,34,43)(H,38,47)(H,39,46)(H,40,48)(H,41,50)(H,42,49)(H,44,45)(H,51,52)(H4,35,36,37)/t17-,19-,20-,21-,22-,23-/m0/s1. The summed E-state index contributed by atoms with van der Waals surface area (Å²) >= 11 is 0. The molecule has 0 heterocycles. The van der Waals surface area contributed by atoms with Crippen LogP contribution in [-0.4, -0.2) is 106 Å². The van der Waals surface area contributed by atoms with Crippen molar-refractivity contribution < 1.29 is 48.6 Å². The second-order valence-electron chi connectivity index (χ2n) is 12.5. The number of carboxylic acid groups (broad SMARTS) is 2. The third-order valence-corrected chi connectivity index (χ3v) is 7.34. The fourth-order valence-electron chi connectivity index (χ4n) is 4.68. The number of hydrogen-bond donors (Lipinski definition) is 11. The van der Waals surface area contributed by atoms with Crippen LogP contribution in [0.2, 0.25) is 0 Å². The highest BCUT2D eigenvalue weighted by atomic mass is 16.4. The number of primary amides is 1. The van der Waals surface area contributed by atoms with Crippen LogP contribution in [-0.2, 0) is 44.8 Å². The number of hydrogen-bond acceptors (Lipinski definition) is 10. The number of nitrogens with one attached hydrogen (secondary N) is 5. The van der Waals surface area contributed by atoms with E-state index in [1.165, 1.54) is 0 Å². The Labute approximate surface area is 300 Å². The number of aliphatic imine (C=N–C) groups is 1. The van der Waals surface area contributed by atoms with Crippen molar-refractivity contribution in [3.05, 3.63) is 35.9 Å². The van der Waals surface area contributed by atoms with Crippen LogP contribution < -0.4 is 49.5 Å². The molecule has 6 atom stereocenters. The van der Waals surface area contributed by atoms with Crippen molar-refractivity contribution in [2.75, 3.05) is 6.54 Å². The Morgan fingerprint density at radius 2 is 1.19 bits per heavy atom. The third-order valence-electron chi connectivity index (χ3n) is 7.34. The zero-order valence-electron chi connectivity index (χ0n) is 29.3. The lowest BCUT2D eigenvalue weighted by Crippen LogP contribution is -2.60. The summed E-state index contributed by atoms with van der Waals surface area (Å²) in [6.07, 6.45) is -1.18. The predicted molar refractivity (Wildman–Crippen MR) is 187 cm³/mol. The highest BCUT2D eigenvalue weighted by Gasteiger charge is 2.34. The van der Waals surface area contributed by atoms with Gasteiger partial charge < -0.3 is 59.7 Å². The van der Waals surface area contributed by atoms with Crippen molar-refractivity contribution in [1.82, 2.24) is 26.6 Å². The lowest BCUT2D eigenvalue weighted by molar-refractivity contribution is -0.143. The van der Waals surface area contributed by atoms with Gasteiger partial charge in [0.15, 0.2) is 5.96 Å². The van der Waals surface area contributed by atoms with Crippen molar-refractivity contribution in [3.8, 4) is 0 Å². The molecule has 0 radical (unpaired) electrons. The van der Waals surface area contributed by atoms with E-state index in [-0.39, 0.29) is 37.7 Å². The molecule has 20 nitrogen and oxygen atoms in total. The first-order valence-electron chi connectivity index (χ1n) is 16.4. The maximum atomic E-state index is 13.7. The highest BCUT2D eigenvalue weighted by Crippen LogP contribution is 2.10. The molecule has 15 N–H and O–H groups in total. The number of guanidine groups is 1. The Bertz CT molecular complexity index is 1450. The van der Waals surface area contributed by atoms with Gasteiger partial charge in [-0.15, -0.1) is 0 Å². The summed E-state index contributed by atoms with van der Waals surface area (Å²) in [7, 11) is 0. The normalized spacial score (nSPS) is 14.2. The lowest BCUT2D eigenvalue weighted by atomic mass is 10.00. The molecule has 0 saturated heterocycles. The quantitative estimate of drug-likeness (QED) is 0.0296. The maximum Gasteiger partial charge on any atom is 0.325 e. The van der Waals surface area contributed by atoms with Gasteiger partial charge in [0.05, 0.1) is 18.9 Å². The van der Waals surface area contributed by atoms with Gasteiger partial charge in [-0.2, -0.15) is 0 Å². The number of carboxylic acids is 2. The van der Waals surface area contributed by atoms with Crippen molar-refractivity contribution in [3.63, 3.8) is 0 Å². The first-order chi connectivity index (χ1) is 24.3. The minimum Gasteiger partial charge on any atom is -0.481 e. The van der Waals surface area contributed by atoms with Crippen LogP contribution >= 0.6 is 0 Å². The van der Waals surface area contributed by atoms with Gasteiger partial charge >= 0.3 is 11.9 Å². The molecular weight excluding hydrogens is 684 g/mol. The van der Waals surface area contributed by atoms with Crippen LogP contribution in [0.3, 0.4) is 0 Å². The Morgan fingerprint density at radius 3 is 1.71 bits per heavy atom. The summed E-state index contributed by atoms with van der Waals surface area (Å²) < 4.78 is 0. The smallest absolute Gasteiger partial charge is 0.325 e. The summed E-state index contributed by atoms with van der Waals surface area (Å²) in [4.78, 5) is 105. The first kappa shape index (κ1) is 44.2. The third kappa shape index (κ3) is 17.2. The van der Waals surface area contributed by atoms with E-state index in [0.29, 0.717) is 12.0 Å². The molecule has 1 aromatic rings. The Morgan fingerprint density at radius 1 is 0.692 bits per heavy atom. The van der Waals surface area contributed by atoms with Crippen LogP contribution in [0.25, 0.3) is 0 Å². The number of benzene rings is 1. The summed E-state index contributed by atoms with van der Waals surface area (Å²) in [6, 6.07) is -0.174. The molecule has 0 fully saturated rings. The Balaban J connectivity index is 3.31. The van der Waals surface area contributed by atoms with Gasteiger partial charge in [-0.1, -0.05) is 44.2 Å². The number of carbonyl (C=O) groups excluding carboxylic acids is 6. The molecule has 1 rings (SSSR count). The van der Waals surface area contributed by atoms with Gasteiger partial charge in [-0.05, 0) is 37.7 Å². The van der Waals surface area contributed by atoms with Crippen molar-refractivity contribution >= 4 is 53.3 Å². The van der Waals surface area contributed by atoms with Crippen LogP contribution in [0.15, 0.2) is 35.3 Å². The molecule has 0 unspecified atom stereocenters. The monoisotopic (exact) mass is 734 g/mol. The molecule has 0 aliphatic rings. The number of amides is 6. The molecule has 6 amide bonds. The van der Waals surface area contributed by atoms with Crippen LogP contribution in [0.4, 0.5) is 0 Å². The lowest BCUT2D eigenvalue weighted by Gasteiger charge is -2.27. The average Bonchev–Trinajstić information content (AvgIpc) is 3.04.